The minimum atomic E-state index is -3.62. The van der Waals surface area contributed by atoms with Crippen LogP contribution in [0.3, 0.4) is 0 Å². The van der Waals surface area contributed by atoms with Crippen molar-refractivity contribution in [2.75, 3.05) is 12.3 Å². The van der Waals surface area contributed by atoms with Crippen molar-refractivity contribution in [3.8, 4) is 5.75 Å². The average Bonchev–Trinajstić information content (AvgIpc) is 2.25. The summed E-state index contributed by atoms with van der Waals surface area (Å²) in [6, 6.07) is -0.243. The fourth-order valence-electron chi connectivity index (χ4n) is 1.18. The maximum atomic E-state index is 13.0. The van der Waals surface area contributed by atoms with E-state index >= 15 is 0 Å². The number of alkyl halides is 2. The summed E-state index contributed by atoms with van der Waals surface area (Å²) in [7, 11) is 0. The Bertz CT molecular complexity index is 399. The zero-order valence-electron chi connectivity index (χ0n) is 8.12. The monoisotopic (exact) mass is 236 g/mol. The summed E-state index contributed by atoms with van der Waals surface area (Å²) in [5.41, 5.74) is 9.20. The number of hydrogen-bond acceptors (Lipinski definition) is 4. The lowest BCUT2D eigenvalue weighted by molar-refractivity contribution is -0.0715. The summed E-state index contributed by atoms with van der Waals surface area (Å²) in [5.74, 6) is -5.39. The fourth-order valence-corrected chi connectivity index (χ4v) is 1.18. The molecule has 0 aromatic heterocycles. The maximum absolute atomic E-state index is 13.0. The van der Waals surface area contributed by atoms with Gasteiger partial charge in [0.1, 0.15) is 29.9 Å². The predicted octanol–water partition coefficient (Wildman–Crippen LogP) is 0.741. The Kier molecular flexibility index (Phi) is 3.30. The van der Waals surface area contributed by atoms with Gasteiger partial charge in [0.25, 0.3) is 5.92 Å². The van der Waals surface area contributed by atoms with Crippen molar-refractivity contribution < 1.29 is 23.4 Å². The van der Waals surface area contributed by atoms with Crippen LogP contribution in [-0.2, 0) is 0 Å². The van der Waals surface area contributed by atoms with Crippen molar-refractivity contribution in [1.82, 2.24) is 0 Å². The van der Waals surface area contributed by atoms with Crippen LogP contribution in [0.5, 0.6) is 5.75 Å². The highest BCUT2D eigenvalue weighted by atomic mass is 19.3. The quantitative estimate of drug-likeness (QED) is 0.460. The normalized spacial score (nSPS) is 13.8. The average molecular weight is 236 g/mol. The van der Waals surface area contributed by atoms with Gasteiger partial charge in [0.15, 0.2) is 0 Å². The van der Waals surface area contributed by atoms with Gasteiger partial charge in [-0.3, -0.25) is 0 Å². The molecule has 4 nitrogen and oxygen atoms in total. The fraction of sp³-hybridized carbons (Fsp3) is 0.333. The lowest BCUT2D eigenvalue weighted by Gasteiger charge is -2.22. The first-order valence-electron chi connectivity index (χ1n) is 4.32. The molecular formula is C9H11F3N2O2. The summed E-state index contributed by atoms with van der Waals surface area (Å²) < 4.78 is 38.9. The minimum absolute atomic E-state index is 0.419. The Morgan fingerprint density at radius 2 is 1.94 bits per heavy atom. The van der Waals surface area contributed by atoms with E-state index in [-0.39, 0.29) is 0 Å². The molecule has 0 radical (unpaired) electrons. The van der Waals surface area contributed by atoms with Gasteiger partial charge in [-0.15, -0.1) is 0 Å². The Morgan fingerprint density at radius 1 is 1.38 bits per heavy atom. The molecule has 0 spiro atoms. The molecule has 1 aromatic rings. The summed E-state index contributed by atoms with van der Waals surface area (Å²) in [6.45, 7) is -1.48. The molecule has 0 unspecified atom stereocenters. The number of nitrogens with two attached hydrogens (primary N) is 2. The number of phenolic OH excluding ortho intramolecular Hbond substituents is 1. The van der Waals surface area contributed by atoms with E-state index < -0.39 is 41.4 Å². The lowest BCUT2D eigenvalue weighted by atomic mass is 10.00. The molecule has 6 N–H and O–H groups in total. The molecule has 0 heterocycles. The number of aliphatic hydroxyl groups excluding tert-OH is 1. The van der Waals surface area contributed by atoms with Crippen LogP contribution in [0.4, 0.5) is 18.9 Å². The Labute approximate surface area is 89.3 Å². The first kappa shape index (κ1) is 12.6. The molecule has 7 heteroatoms. The highest BCUT2D eigenvalue weighted by molar-refractivity contribution is 5.58. The van der Waals surface area contributed by atoms with E-state index in [4.69, 9.17) is 16.6 Å². The Hall–Kier alpha value is -1.47. The largest absolute Gasteiger partial charge is 0.505 e. The van der Waals surface area contributed by atoms with Crippen molar-refractivity contribution in [2.45, 2.75) is 12.0 Å². The molecule has 0 amide bonds. The summed E-state index contributed by atoms with van der Waals surface area (Å²) in [6.07, 6.45) is 0. The van der Waals surface area contributed by atoms with Gasteiger partial charge < -0.3 is 21.7 Å². The molecule has 0 aliphatic carbocycles. The number of aromatic hydroxyl groups is 1. The zero-order chi connectivity index (χ0) is 12.5. The van der Waals surface area contributed by atoms with Gasteiger partial charge in [-0.1, -0.05) is 6.07 Å². The Balaban J connectivity index is 3.20. The molecule has 0 saturated carbocycles. The molecule has 1 atom stereocenters. The van der Waals surface area contributed by atoms with Crippen molar-refractivity contribution in [1.29, 1.82) is 0 Å². The van der Waals surface area contributed by atoms with E-state index in [1.807, 2.05) is 0 Å². The van der Waals surface area contributed by atoms with E-state index in [1.54, 1.807) is 0 Å². The number of phenols is 1. The van der Waals surface area contributed by atoms with Gasteiger partial charge in [-0.25, -0.2) is 13.2 Å². The smallest absolute Gasteiger partial charge is 0.289 e. The zero-order valence-corrected chi connectivity index (χ0v) is 8.12. The van der Waals surface area contributed by atoms with E-state index in [1.165, 1.54) is 0 Å². The number of halogens is 3. The van der Waals surface area contributed by atoms with Crippen LogP contribution in [0.2, 0.25) is 0 Å². The highest BCUT2D eigenvalue weighted by Crippen LogP contribution is 2.37. The Morgan fingerprint density at radius 3 is 2.44 bits per heavy atom. The predicted molar refractivity (Wildman–Crippen MR) is 51.4 cm³/mol. The van der Waals surface area contributed by atoms with Crippen molar-refractivity contribution >= 4 is 5.69 Å². The summed E-state index contributed by atoms with van der Waals surface area (Å²) in [5, 5.41) is 17.8. The third-order valence-corrected chi connectivity index (χ3v) is 2.20. The molecule has 90 valence electrons. The van der Waals surface area contributed by atoms with Crippen LogP contribution in [0.15, 0.2) is 12.1 Å². The topological polar surface area (TPSA) is 92.5 Å². The number of anilines is 1. The third kappa shape index (κ3) is 2.05. The SMILES string of the molecule is Nc1c(F)ccc([C@@H](N)C(F)(F)CO)c1O. The minimum Gasteiger partial charge on any atom is -0.505 e. The highest BCUT2D eigenvalue weighted by Gasteiger charge is 2.39. The standard InChI is InChI=1S/C9H11F3N2O2/c10-5-2-1-4(7(16)6(5)13)8(14)9(11,12)3-15/h1-2,8,15-16H,3,13-14H2/t8-/m1/s1. The maximum Gasteiger partial charge on any atom is 0.289 e. The number of hydrogen-bond donors (Lipinski definition) is 4. The second kappa shape index (κ2) is 4.18. The molecule has 0 aliphatic rings. The first-order valence-corrected chi connectivity index (χ1v) is 4.32. The van der Waals surface area contributed by atoms with Crippen LogP contribution < -0.4 is 11.5 Å². The van der Waals surface area contributed by atoms with Crippen LogP contribution in [0.25, 0.3) is 0 Å². The molecule has 0 saturated heterocycles. The number of nitrogen functional groups attached to an aromatic ring is 1. The van der Waals surface area contributed by atoms with Crippen molar-refractivity contribution in [2.24, 2.45) is 5.73 Å². The molecule has 0 aliphatic heterocycles. The van der Waals surface area contributed by atoms with E-state index in [0.29, 0.717) is 0 Å². The van der Waals surface area contributed by atoms with Gasteiger partial charge in [-0.2, -0.15) is 0 Å². The third-order valence-electron chi connectivity index (χ3n) is 2.20. The molecular weight excluding hydrogens is 225 g/mol. The first-order chi connectivity index (χ1) is 7.31. The van der Waals surface area contributed by atoms with Crippen LogP contribution >= 0.6 is 0 Å². The van der Waals surface area contributed by atoms with E-state index in [2.05, 4.69) is 0 Å². The van der Waals surface area contributed by atoms with Gasteiger partial charge in [0.2, 0.25) is 0 Å². The van der Waals surface area contributed by atoms with Crippen molar-refractivity contribution in [3.63, 3.8) is 0 Å². The second-order valence-corrected chi connectivity index (χ2v) is 3.30. The molecule has 1 rings (SSSR count). The number of rotatable bonds is 3. The van der Waals surface area contributed by atoms with Crippen molar-refractivity contribution in [3.05, 3.63) is 23.5 Å². The van der Waals surface area contributed by atoms with Gasteiger partial charge in [0, 0.05) is 5.56 Å². The van der Waals surface area contributed by atoms with Crippen LogP contribution in [-0.4, -0.2) is 22.7 Å². The lowest BCUT2D eigenvalue weighted by Crippen LogP contribution is -2.36. The molecule has 0 bridgehead atoms. The summed E-state index contributed by atoms with van der Waals surface area (Å²) >= 11 is 0. The summed E-state index contributed by atoms with van der Waals surface area (Å²) in [4.78, 5) is 0. The van der Waals surface area contributed by atoms with Gasteiger partial charge >= 0.3 is 0 Å². The number of aliphatic hydroxyl groups is 1. The van der Waals surface area contributed by atoms with Gasteiger partial charge in [0.05, 0.1) is 0 Å². The molecule has 0 fully saturated rings. The second-order valence-electron chi connectivity index (χ2n) is 3.30. The van der Waals surface area contributed by atoms with Crippen LogP contribution in [0.1, 0.15) is 11.6 Å². The van der Waals surface area contributed by atoms with Gasteiger partial charge in [-0.05, 0) is 6.07 Å². The molecule has 1 aromatic carbocycles. The van der Waals surface area contributed by atoms with Crippen LogP contribution in [0, 0.1) is 5.82 Å². The van der Waals surface area contributed by atoms with E-state index in [0.717, 1.165) is 12.1 Å². The van der Waals surface area contributed by atoms with E-state index in [9.17, 15) is 18.3 Å². The molecule has 16 heavy (non-hydrogen) atoms. The number of benzene rings is 1.